The molecule has 0 fully saturated rings. The van der Waals surface area contributed by atoms with Crippen molar-refractivity contribution in [2.24, 2.45) is 0 Å². The first kappa shape index (κ1) is 15.7. The van der Waals surface area contributed by atoms with Gasteiger partial charge in [0.15, 0.2) is 5.78 Å². The van der Waals surface area contributed by atoms with E-state index in [2.05, 4.69) is 5.32 Å². The molecule has 0 aliphatic rings. The zero-order chi connectivity index (χ0) is 17.1. The maximum atomic E-state index is 12.2. The van der Waals surface area contributed by atoms with Crippen LogP contribution in [-0.4, -0.2) is 11.7 Å². The highest BCUT2D eigenvalue weighted by atomic mass is 16.4. The van der Waals surface area contributed by atoms with Crippen molar-refractivity contribution in [3.63, 3.8) is 0 Å². The molecule has 3 aromatic rings. The summed E-state index contributed by atoms with van der Waals surface area (Å²) in [5.74, 6) is -0.510. The Bertz CT molecular complexity index is 971. The van der Waals surface area contributed by atoms with Crippen LogP contribution in [0.4, 0.5) is 0 Å². The molecule has 5 nitrogen and oxygen atoms in total. The summed E-state index contributed by atoms with van der Waals surface area (Å²) in [6.45, 7) is 1.75. The summed E-state index contributed by atoms with van der Waals surface area (Å²) in [4.78, 5) is 35.4. The summed E-state index contributed by atoms with van der Waals surface area (Å²) in [6.07, 6.45) is 0. The molecule has 1 aromatic heterocycles. The van der Waals surface area contributed by atoms with Crippen LogP contribution in [0.15, 0.2) is 63.8 Å². The van der Waals surface area contributed by atoms with E-state index in [1.807, 2.05) is 0 Å². The van der Waals surface area contributed by atoms with Gasteiger partial charge >= 0.3 is 5.63 Å². The Hall–Kier alpha value is -3.21. The lowest BCUT2D eigenvalue weighted by atomic mass is 10.1. The highest BCUT2D eigenvalue weighted by molar-refractivity contribution is 5.96. The molecule has 1 N–H and O–H groups in total. The molecule has 0 bridgehead atoms. The first-order valence-corrected chi connectivity index (χ1v) is 7.45. The second-order valence-electron chi connectivity index (χ2n) is 5.42. The van der Waals surface area contributed by atoms with E-state index in [0.717, 1.165) is 5.56 Å². The van der Waals surface area contributed by atoms with Crippen molar-refractivity contribution in [2.75, 3.05) is 0 Å². The topological polar surface area (TPSA) is 76.4 Å². The summed E-state index contributed by atoms with van der Waals surface area (Å²) < 4.78 is 5.15. The Morgan fingerprint density at radius 3 is 2.46 bits per heavy atom. The lowest BCUT2D eigenvalue weighted by Gasteiger charge is -2.06. The maximum absolute atomic E-state index is 12.2. The second kappa shape index (κ2) is 6.50. The van der Waals surface area contributed by atoms with Crippen molar-refractivity contribution in [1.82, 2.24) is 5.32 Å². The molecule has 120 valence electrons. The summed E-state index contributed by atoms with van der Waals surface area (Å²) in [5, 5.41) is 3.37. The Morgan fingerprint density at radius 2 is 1.75 bits per heavy atom. The molecular weight excluding hydrogens is 306 g/mol. The molecule has 5 heteroatoms. The Kier molecular flexibility index (Phi) is 4.24. The predicted molar refractivity (Wildman–Crippen MR) is 90.1 cm³/mol. The van der Waals surface area contributed by atoms with Crippen LogP contribution in [0.1, 0.15) is 33.2 Å². The van der Waals surface area contributed by atoms with Gasteiger partial charge in [0.25, 0.3) is 5.91 Å². The van der Waals surface area contributed by atoms with Crippen LogP contribution in [0.25, 0.3) is 11.0 Å². The lowest BCUT2D eigenvalue weighted by Crippen LogP contribution is -2.27. The first-order chi connectivity index (χ1) is 11.5. The second-order valence-corrected chi connectivity index (χ2v) is 5.42. The summed E-state index contributed by atoms with van der Waals surface area (Å²) in [5.41, 5.74) is 1.19. The van der Waals surface area contributed by atoms with Crippen molar-refractivity contribution in [3.05, 3.63) is 81.7 Å². The standard InChI is InChI=1S/C19H15NO4/c1-12(21)14-8-6-13(7-9-14)11-20-18(22)16-10-15-4-2-3-5-17(15)24-19(16)23/h2-10H,11H2,1H3,(H,20,22). The highest BCUT2D eigenvalue weighted by Crippen LogP contribution is 2.12. The Balaban J connectivity index is 1.76. The summed E-state index contributed by atoms with van der Waals surface area (Å²) >= 11 is 0. The Morgan fingerprint density at radius 1 is 1.04 bits per heavy atom. The SMILES string of the molecule is CC(=O)c1ccc(CNC(=O)c2cc3ccccc3oc2=O)cc1. The zero-order valence-electron chi connectivity index (χ0n) is 13.0. The first-order valence-electron chi connectivity index (χ1n) is 7.45. The van der Waals surface area contributed by atoms with E-state index in [-0.39, 0.29) is 17.9 Å². The van der Waals surface area contributed by atoms with E-state index < -0.39 is 11.5 Å². The van der Waals surface area contributed by atoms with Gasteiger partial charge < -0.3 is 9.73 Å². The van der Waals surface area contributed by atoms with Crippen molar-refractivity contribution < 1.29 is 14.0 Å². The number of nitrogens with one attached hydrogen (secondary N) is 1. The molecule has 0 saturated carbocycles. The summed E-state index contributed by atoms with van der Waals surface area (Å²) in [6, 6.07) is 15.5. The number of para-hydroxylation sites is 1. The van der Waals surface area contributed by atoms with E-state index >= 15 is 0 Å². The van der Waals surface area contributed by atoms with Crippen LogP contribution in [0.2, 0.25) is 0 Å². The van der Waals surface area contributed by atoms with E-state index in [1.54, 1.807) is 48.5 Å². The number of hydrogen-bond donors (Lipinski definition) is 1. The van der Waals surface area contributed by atoms with E-state index in [0.29, 0.717) is 16.5 Å². The van der Waals surface area contributed by atoms with Gasteiger partial charge in [-0.25, -0.2) is 4.79 Å². The van der Waals surface area contributed by atoms with Crippen LogP contribution < -0.4 is 10.9 Å². The Labute approximate surface area is 137 Å². The normalized spacial score (nSPS) is 10.5. The van der Waals surface area contributed by atoms with Gasteiger partial charge in [0, 0.05) is 17.5 Å². The molecule has 0 spiro atoms. The van der Waals surface area contributed by atoms with E-state index in [9.17, 15) is 14.4 Å². The highest BCUT2D eigenvalue weighted by Gasteiger charge is 2.13. The number of ketones is 1. The van der Waals surface area contributed by atoms with Crippen molar-refractivity contribution >= 4 is 22.7 Å². The number of rotatable bonds is 4. The summed E-state index contributed by atoms with van der Waals surface area (Å²) in [7, 11) is 0. The average molecular weight is 321 g/mol. The lowest BCUT2D eigenvalue weighted by molar-refractivity contribution is 0.0946. The number of hydrogen-bond acceptors (Lipinski definition) is 4. The van der Waals surface area contributed by atoms with Gasteiger partial charge in [0.1, 0.15) is 11.1 Å². The number of benzene rings is 2. The van der Waals surface area contributed by atoms with Crippen molar-refractivity contribution in [3.8, 4) is 0 Å². The largest absolute Gasteiger partial charge is 0.422 e. The molecule has 24 heavy (non-hydrogen) atoms. The minimum Gasteiger partial charge on any atom is -0.422 e. The fourth-order valence-electron chi connectivity index (χ4n) is 2.36. The van der Waals surface area contributed by atoms with Gasteiger partial charge in [0.05, 0.1) is 0 Å². The van der Waals surface area contributed by atoms with Gasteiger partial charge in [-0.1, -0.05) is 42.5 Å². The molecule has 0 radical (unpaired) electrons. The molecule has 1 amide bonds. The van der Waals surface area contributed by atoms with E-state index in [4.69, 9.17) is 4.42 Å². The van der Waals surface area contributed by atoms with Crippen molar-refractivity contribution in [1.29, 1.82) is 0 Å². The van der Waals surface area contributed by atoms with Gasteiger partial charge in [0.2, 0.25) is 0 Å². The van der Waals surface area contributed by atoms with Gasteiger partial charge in [-0.3, -0.25) is 9.59 Å². The monoisotopic (exact) mass is 321 g/mol. The minimum atomic E-state index is -0.668. The molecule has 0 unspecified atom stereocenters. The van der Waals surface area contributed by atoms with Crippen LogP contribution in [0.5, 0.6) is 0 Å². The maximum Gasteiger partial charge on any atom is 0.349 e. The molecule has 2 aromatic carbocycles. The number of fused-ring (bicyclic) bond motifs is 1. The smallest absolute Gasteiger partial charge is 0.349 e. The number of amides is 1. The van der Waals surface area contributed by atoms with Gasteiger partial charge in [-0.15, -0.1) is 0 Å². The van der Waals surface area contributed by atoms with Crippen LogP contribution >= 0.6 is 0 Å². The van der Waals surface area contributed by atoms with Gasteiger partial charge in [-0.05, 0) is 24.6 Å². The van der Waals surface area contributed by atoms with Crippen LogP contribution in [0.3, 0.4) is 0 Å². The van der Waals surface area contributed by atoms with Crippen LogP contribution in [-0.2, 0) is 6.54 Å². The molecule has 0 aliphatic heterocycles. The number of Topliss-reactive ketones (excluding diaryl/α,β-unsaturated/α-hetero) is 1. The average Bonchev–Trinajstić information content (AvgIpc) is 2.59. The zero-order valence-corrected chi connectivity index (χ0v) is 13.0. The molecular formula is C19H15NO4. The van der Waals surface area contributed by atoms with Crippen molar-refractivity contribution in [2.45, 2.75) is 13.5 Å². The number of carbonyl (C=O) groups excluding carboxylic acids is 2. The van der Waals surface area contributed by atoms with E-state index in [1.165, 1.54) is 13.0 Å². The fraction of sp³-hybridized carbons (Fsp3) is 0.105. The third-order valence-electron chi connectivity index (χ3n) is 3.70. The van der Waals surface area contributed by atoms with Gasteiger partial charge in [-0.2, -0.15) is 0 Å². The number of carbonyl (C=O) groups is 2. The quantitative estimate of drug-likeness (QED) is 0.592. The molecule has 0 aliphatic carbocycles. The molecule has 0 atom stereocenters. The molecule has 1 heterocycles. The fourth-order valence-corrected chi connectivity index (χ4v) is 2.36. The third-order valence-corrected chi connectivity index (χ3v) is 3.70. The molecule has 3 rings (SSSR count). The van der Waals surface area contributed by atoms with Crippen LogP contribution in [0, 0.1) is 0 Å². The minimum absolute atomic E-state index is 0.0145. The predicted octanol–water partition coefficient (Wildman–Crippen LogP) is 2.93. The molecule has 0 saturated heterocycles. The third kappa shape index (κ3) is 3.25.